The Morgan fingerprint density at radius 2 is 1.89 bits per heavy atom. The maximum atomic E-state index is 10.3. The molecule has 0 fully saturated rings. The van der Waals surface area contributed by atoms with Crippen molar-refractivity contribution in [2.45, 2.75) is 19.8 Å². The molecule has 0 aliphatic carbocycles. The third kappa shape index (κ3) is 13.0. The van der Waals surface area contributed by atoms with Crippen LogP contribution in [0, 0.1) is 0 Å². The molecule has 0 aliphatic rings. The Kier molecular flexibility index (Phi) is 9.97. The number of hydrogen-bond donors (Lipinski definition) is 1. The van der Waals surface area contributed by atoms with Gasteiger partial charge in [-0.05, 0) is 18.1 Å². The molecule has 0 rings (SSSR count). The molecule has 0 heterocycles. The first kappa shape index (κ1) is 13.5. The molecule has 0 atom stereocenters. The molecule has 0 aromatic carbocycles. The zero-order chi connectivity index (χ0) is 6.62. The standard InChI is InChI=1S/C4H10O2S2.K.H/c1-2-3-4-8(5,6)7;;/h2-4H2,1H3,(H,5,6,7);;. The van der Waals surface area contributed by atoms with Gasteiger partial charge in [0.05, 0.1) is 5.75 Å². The summed E-state index contributed by atoms with van der Waals surface area (Å²) in [5, 5.41) is 0. The second-order valence-electron chi connectivity index (χ2n) is 1.64. The van der Waals surface area contributed by atoms with Crippen molar-refractivity contribution in [1.29, 1.82) is 0 Å². The molecule has 0 aromatic rings. The zero-order valence-corrected chi connectivity index (χ0v) is 6.50. The molecule has 0 saturated heterocycles. The van der Waals surface area contributed by atoms with E-state index in [4.69, 9.17) is 0 Å². The van der Waals surface area contributed by atoms with E-state index >= 15 is 0 Å². The Morgan fingerprint density at radius 1 is 1.44 bits per heavy atom. The van der Waals surface area contributed by atoms with Gasteiger partial charge in [-0.1, -0.05) is 13.3 Å². The molecule has 0 spiro atoms. The van der Waals surface area contributed by atoms with Crippen molar-refractivity contribution in [3.63, 3.8) is 0 Å². The average molecular weight is 194 g/mol. The van der Waals surface area contributed by atoms with E-state index in [2.05, 4.69) is 11.7 Å². The maximum absolute atomic E-state index is 10.3. The van der Waals surface area contributed by atoms with Gasteiger partial charge in [-0.15, -0.1) is 0 Å². The fourth-order valence-corrected chi connectivity index (χ4v) is 1.37. The van der Waals surface area contributed by atoms with E-state index in [-0.39, 0.29) is 57.1 Å². The summed E-state index contributed by atoms with van der Waals surface area (Å²) in [5.74, 6) is 0.201. The summed E-state index contributed by atoms with van der Waals surface area (Å²) in [6.07, 6.45) is 1.62. The van der Waals surface area contributed by atoms with Crippen molar-refractivity contribution in [1.82, 2.24) is 0 Å². The molecule has 0 radical (unpaired) electrons. The van der Waals surface area contributed by atoms with Gasteiger partial charge in [0, 0.05) is 0 Å². The molecule has 0 saturated carbocycles. The van der Waals surface area contributed by atoms with Crippen LogP contribution >= 0.6 is 11.7 Å². The number of rotatable bonds is 3. The molecular formula is C4H11KO2S2. The van der Waals surface area contributed by atoms with Crippen LogP contribution in [-0.4, -0.2) is 65.6 Å². The van der Waals surface area contributed by atoms with Crippen LogP contribution in [0.2, 0.25) is 0 Å². The SMILES string of the molecule is CCCCS(=O)(=O)S.[KH]. The van der Waals surface area contributed by atoms with Gasteiger partial charge >= 0.3 is 51.4 Å². The Balaban J connectivity index is 0. The Labute approximate surface area is 104 Å². The predicted octanol–water partition coefficient (Wildman–Crippen LogP) is 0.398. The van der Waals surface area contributed by atoms with Crippen LogP contribution in [0.15, 0.2) is 0 Å². The second-order valence-corrected chi connectivity index (χ2v) is 4.88. The molecule has 52 valence electrons. The number of unbranched alkanes of at least 4 members (excludes halogenated alkanes) is 1. The third-order valence-corrected chi connectivity index (χ3v) is 2.11. The van der Waals surface area contributed by atoms with Crippen molar-refractivity contribution < 1.29 is 8.42 Å². The van der Waals surface area contributed by atoms with Crippen LogP contribution in [0.1, 0.15) is 19.8 Å². The van der Waals surface area contributed by atoms with Crippen LogP contribution in [0.4, 0.5) is 0 Å². The summed E-state index contributed by atoms with van der Waals surface area (Å²) in [4.78, 5) is 0. The van der Waals surface area contributed by atoms with E-state index in [1.807, 2.05) is 6.92 Å². The minimum atomic E-state index is -2.99. The molecule has 0 N–H and O–H groups in total. The first-order chi connectivity index (χ1) is 3.56. The minimum absolute atomic E-state index is 0. The molecular weight excluding hydrogens is 183 g/mol. The third-order valence-electron chi connectivity index (χ3n) is 0.756. The molecule has 0 unspecified atom stereocenters. The van der Waals surface area contributed by atoms with Gasteiger partial charge in [-0.3, -0.25) is 0 Å². The van der Waals surface area contributed by atoms with Crippen LogP contribution in [0.25, 0.3) is 0 Å². The first-order valence-electron chi connectivity index (χ1n) is 2.51. The van der Waals surface area contributed by atoms with Gasteiger partial charge in [-0.25, -0.2) is 8.42 Å². The number of thiol groups is 1. The predicted molar refractivity (Wildman–Crippen MR) is 44.8 cm³/mol. The molecule has 5 heteroatoms. The molecule has 0 amide bonds. The normalized spacial score (nSPS) is 10.4. The van der Waals surface area contributed by atoms with E-state index < -0.39 is 8.87 Å². The van der Waals surface area contributed by atoms with E-state index in [1.165, 1.54) is 0 Å². The Hall–Kier alpha value is 1.94. The second kappa shape index (κ2) is 6.63. The quantitative estimate of drug-likeness (QED) is 0.401. The summed E-state index contributed by atoms with van der Waals surface area (Å²) >= 11 is 3.36. The van der Waals surface area contributed by atoms with Gasteiger partial charge in [-0.2, -0.15) is 0 Å². The Morgan fingerprint density at radius 3 is 2.00 bits per heavy atom. The van der Waals surface area contributed by atoms with Gasteiger partial charge in [0.25, 0.3) is 0 Å². The van der Waals surface area contributed by atoms with Crippen LogP contribution in [0.3, 0.4) is 0 Å². The van der Waals surface area contributed by atoms with Crippen molar-refractivity contribution >= 4 is 71.9 Å². The topological polar surface area (TPSA) is 34.1 Å². The first-order valence-corrected chi connectivity index (χ1v) is 5.22. The Bertz CT molecular complexity index is 141. The van der Waals surface area contributed by atoms with Crippen molar-refractivity contribution in [2.75, 3.05) is 5.75 Å². The van der Waals surface area contributed by atoms with Crippen molar-refractivity contribution in [2.24, 2.45) is 0 Å². The van der Waals surface area contributed by atoms with Crippen LogP contribution < -0.4 is 0 Å². The summed E-state index contributed by atoms with van der Waals surface area (Å²) < 4.78 is 20.5. The van der Waals surface area contributed by atoms with Gasteiger partial charge < -0.3 is 0 Å². The summed E-state index contributed by atoms with van der Waals surface area (Å²) in [6.45, 7) is 1.94. The summed E-state index contributed by atoms with van der Waals surface area (Å²) in [7, 11) is -2.99. The van der Waals surface area contributed by atoms with Gasteiger partial charge in [0.1, 0.15) is 0 Å². The van der Waals surface area contributed by atoms with Crippen molar-refractivity contribution in [3.05, 3.63) is 0 Å². The molecule has 9 heavy (non-hydrogen) atoms. The monoisotopic (exact) mass is 194 g/mol. The fraction of sp³-hybridized carbons (Fsp3) is 1.00. The van der Waals surface area contributed by atoms with Crippen molar-refractivity contribution in [3.8, 4) is 0 Å². The molecule has 0 bridgehead atoms. The van der Waals surface area contributed by atoms with Gasteiger partial charge in [0.2, 0.25) is 0 Å². The van der Waals surface area contributed by atoms with E-state index in [1.54, 1.807) is 0 Å². The molecule has 0 aromatic heterocycles. The zero-order valence-electron chi connectivity index (χ0n) is 4.79. The fourth-order valence-electron chi connectivity index (χ4n) is 0.327. The number of hydrogen-bond acceptors (Lipinski definition) is 2. The average Bonchev–Trinajstić information content (AvgIpc) is 1.59. The molecule has 0 aliphatic heterocycles. The van der Waals surface area contributed by atoms with E-state index in [9.17, 15) is 8.42 Å². The van der Waals surface area contributed by atoms with Crippen LogP contribution in [-0.2, 0) is 8.87 Å². The van der Waals surface area contributed by atoms with E-state index in [0.29, 0.717) is 6.42 Å². The van der Waals surface area contributed by atoms with Gasteiger partial charge in [0.15, 0.2) is 8.87 Å². The summed E-state index contributed by atoms with van der Waals surface area (Å²) in [6, 6.07) is 0. The summed E-state index contributed by atoms with van der Waals surface area (Å²) in [5.41, 5.74) is 0. The van der Waals surface area contributed by atoms with E-state index in [0.717, 1.165) is 6.42 Å². The van der Waals surface area contributed by atoms with Crippen LogP contribution in [0.5, 0.6) is 0 Å². The molecule has 2 nitrogen and oxygen atoms in total.